The molecule has 182 valence electrons. The van der Waals surface area contributed by atoms with Gasteiger partial charge in [0.2, 0.25) is 0 Å². The van der Waals surface area contributed by atoms with Gasteiger partial charge in [-0.15, -0.1) is 0 Å². The molecule has 8 rings (SSSR count). The molecule has 0 unspecified atom stereocenters. The van der Waals surface area contributed by atoms with Crippen LogP contribution in [0.25, 0.3) is 21.9 Å². The first kappa shape index (κ1) is 21.6. The van der Waals surface area contributed by atoms with E-state index in [-0.39, 0.29) is 12.1 Å². The Balaban J connectivity index is 1.48. The van der Waals surface area contributed by atoms with E-state index in [4.69, 9.17) is 9.15 Å². The molecule has 4 heteroatoms. The van der Waals surface area contributed by atoms with Gasteiger partial charge in [-0.3, -0.25) is 0 Å². The van der Waals surface area contributed by atoms with Gasteiger partial charge in [0, 0.05) is 27.8 Å². The molecule has 1 aromatic heterocycles. The van der Waals surface area contributed by atoms with E-state index in [1.54, 1.807) is 0 Å². The lowest BCUT2D eigenvalue weighted by atomic mass is 9.34. The predicted octanol–water partition coefficient (Wildman–Crippen LogP) is 7.29. The first-order chi connectivity index (χ1) is 18.5. The van der Waals surface area contributed by atoms with Gasteiger partial charge in [0.15, 0.2) is 11.3 Å². The van der Waals surface area contributed by atoms with E-state index in [0.717, 1.165) is 44.6 Å². The highest BCUT2D eigenvalue weighted by atomic mass is 16.5. The Hall–Kier alpha value is -4.44. The summed E-state index contributed by atoms with van der Waals surface area (Å²) in [5.41, 5.74) is 10.1. The van der Waals surface area contributed by atoms with Gasteiger partial charge in [-0.1, -0.05) is 87.5 Å². The van der Waals surface area contributed by atoms with Crippen LogP contribution in [0.15, 0.2) is 108 Å². The molecule has 0 atom stereocenters. The number of hydrogen-bond acceptors (Lipinski definition) is 3. The maximum atomic E-state index is 6.88. The highest BCUT2D eigenvalue weighted by molar-refractivity contribution is 6.99. The van der Waals surface area contributed by atoms with Crippen molar-refractivity contribution >= 4 is 62.1 Å². The fraction of sp³-hybridized carbons (Fsp3) is 0.118. The maximum Gasteiger partial charge on any atom is 0.256 e. The predicted molar refractivity (Wildman–Crippen MR) is 158 cm³/mol. The zero-order valence-electron chi connectivity index (χ0n) is 21.7. The van der Waals surface area contributed by atoms with E-state index < -0.39 is 0 Å². The zero-order valence-corrected chi connectivity index (χ0v) is 21.7. The van der Waals surface area contributed by atoms with Gasteiger partial charge in [0.1, 0.15) is 11.3 Å². The Morgan fingerprint density at radius 1 is 0.684 bits per heavy atom. The molecule has 0 saturated carbocycles. The summed E-state index contributed by atoms with van der Waals surface area (Å²) >= 11 is 0. The summed E-state index contributed by atoms with van der Waals surface area (Å²) in [5, 5.41) is 2.20. The molecule has 0 spiro atoms. The van der Waals surface area contributed by atoms with Crippen LogP contribution in [0.2, 0.25) is 0 Å². The number of furan rings is 1. The fourth-order valence-corrected chi connectivity index (χ4v) is 6.23. The number of nitrogens with zero attached hydrogens (tertiary/aromatic N) is 1. The van der Waals surface area contributed by atoms with Gasteiger partial charge >= 0.3 is 0 Å². The van der Waals surface area contributed by atoms with E-state index in [9.17, 15) is 0 Å². The monoisotopic (exact) mass is 491 g/mol. The molecule has 0 N–H and O–H groups in total. The van der Waals surface area contributed by atoms with E-state index in [2.05, 4.69) is 117 Å². The van der Waals surface area contributed by atoms with Gasteiger partial charge in [0.25, 0.3) is 6.71 Å². The molecule has 3 heterocycles. The molecule has 0 saturated heterocycles. The molecule has 0 aliphatic carbocycles. The minimum Gasteiger partial charge on any atom is -0.454 e. The van der Waals surface area contributed by atoms with E-state index >= 15 is 0 Å². The van der Waals surface area contributed by atoms with E-state index in [1.807, 2.05) is 12.1 Å². The summed E-state index contributed by atoms with van der Waals surface area (Å²) in [6, 6.07) is 36.7. The largest absolute Gasteiger partial charge is 0.454 e. The van der Waals surface area contributed by atoms with Gasteiger partial charge in [-0.25, -0.2) is 0 Å². The summed E-state index contributed by atoms with van der Waals surface area (Å²) in [7, 11) is 0. The highest BCUT2D eigenvalue weighted by Crippen LogP contribution is 2.45. The summed E-state index contributed by atoms with van der Waals surface area (Å²) in [4.78, 5) is 2.40. The molecule has 0 fully saturated rings. The smallest absolute Gasteiger partial charge is 0.256 e. The Morgan fingerprint density at radius 2 is 1.45 bits per heavy atom. The SMILES string of the molecule is CC(C)(C)c1cc2c3c(c1)N(c1ccccc1)c1ccccc1B3c1ccc3c(oc4ccccc43)c1O2. The number of fused-ring (bicyclic) bond motifs is 8. The molecule has 3 nitrogen and oxygen atoms in total. The Bertz CT molecular complexity index is 1900. The van der Waals surface area contributed by atoms with Crippen LogP contribution in [-0.4, -0.2) is 6.71 Å². The average molecular weight is 491 g/mol. The molecule has 6 aromatic rings. The molecule has 5 aromatic carbocycles. The third kappa shape index (κ3) is 2.92. The Kier molecular flexibility index (Phi) is 4.30. The van der Waals surface area contributed by atoms with Crippen LogP contribution in [0.3, 0.4) is 0 Å². The average Bonchev–Trinajstić information content (AvgIpc) is 3.32. The Morgan fingerprint density at radius 3 is 2.29 bits per heavy atom. The molecular formula is C34H26BNO2. The summed E-state index contributed by atoms with van der Waals surface area (Å²) in [6.45, 7) is 6.83. The van der Waals surface area contributed by atoms with Crippen LogP contribution in [-0.2, 0) is 5.41 Å². The van der Waals surface area contributed by atoms with Crippen molar-refractivity contribution in [3.05, 3.63) is 109 Å². The number of ether oxygens (including phenoxy) is 1. The number of rotatable bonds is 1. The first-order valence-electron chi connectivity index (χ1n) is 13.2. The van der Waals surface area contributed by atoms with Crippen LogP contribution < -0.4 is 26.0 Å². The lowest BCUT2D eigenvalue weighted by molar-refractivity contribution is 0.477. The summed E-state index contributed by atoms with van der Waals surface area (Å²) in [5.74, 6) is 1.74. The standard InChI is InChI=1S/C34H26BNO2/c1-34(2,3)21-19-28-31-30(20-21)38-33-26(18-17-24-23-13-7-10-16-29(23)37-32(24)33)35(31)25-14-8-9-15-27(25)36(28)22-11-5-4-6-12-22/h4-20H,1-3H3. The maximum absolute atomic E-state index is 6.88. The van der Waals surface area contributed by atoms with Gasteiger partial charge < -0.3 is 14.1 Å². The second kappa shape index (κ2) is 7.55. The lowest BCUT2D eigenvalue weighted by Crippen LogP contribution is -2.59. The minimum atomic E-state index is -0.0463. The Labute approximate surface area is 222 Å². The molecular weight excluding hydrogens is 465 g/mol. The number of anilines is 3. The molecule has 38 heavy (non-hydrogen) atoms. The molecule has 0 radical (unpaired) electrons. The number of benzene rings is 5. The van der Waals surface area contributed by atoms with Crippen LogP contribution >= 0.6 is 0 Å². The van der Waals surface area contributed by atoms with Crippen molar-refractivity contribution in [2.24, 2.45) is 0 Å². The van der Waals surface area contributed by atoms with E-state index in [1.165, 1.54) is 27.9 Å². The quantitative estimate of drug-likeness (QED) is 0.226. The number of para-hydroxylation sites is 3. The normalized spacial score (nSPS) is 13.8. The van der Waals surface area contributed by atoms with Gasteiger partial charge in [0.05, 0.1) is 0 Å². The zero-order chi connectivity index (χ0) is 25.6. The van der Waals surface area contributed by atoms with Crippen molar-refractivity contribution in [3.63, 3.8) is 0 Å². The molecule has 0 amide bonds. The number of hydrogen-bond donors (Lipinski definition) is 0. The first-order valence-corrected chi connectivity index (χ1v) is 13.2. The lowest BCUT2D eigenvalue weighted by Gasteiger charge is -2.41. The summed E-state index contributed by atoms with van der Waals surface area (Å²) < 4.78 is 13.3. The molecule has 0 bridgehead atoms. The van der Waals surface area contributed by atoms with Crippen molar-refractivity contribution in [3.8, 4) is 11.5 Å². The third-order valence-electron chi connectivity index (χ3n) is 8.07. The fourth-order valence-electron chi connectivity index (χ4n) is 6.23. The van der Waals surface area contributed by atoms with Crippen LogP contribution in [0, 0.1) is 0 Å². The molecule has 2 aliphatic heterocycles. The van der Waals surface area contributed by atoms with Crippen LogP contribution in [0.5, 0.6) is 11.5 Å². The minimum absolute atomic E-state index is 0.0463. The van der Waals surface area contributed by atoms with Crippen LogP contribution in [0.4, 0.5) is 17.1 Å². The second-order valence-electron chi connectivity index (χ2n) is 11.4. The van der Waals surface area contributed by atoms with Gasteiger partial charge in [-0.05, 0) is 63.8 Å². The van der Waals surface area contributed by atoms with Crippen molar-refractivity contribution in [2.75, 3.05) is 4.90 Å². The van der Waals surface area contributed by atoms with Crippen molar-refractivity contribution in [1.29, 1.82) is 0 Å². The summed E-state index contributed by atoms with van der Waals surface area (Å²) in [6.07, 6.45) is 0. The van der Waals surface area contributed by atoms with Crippen molar-refractivity contribution in [1.82, 2.24) is 0 Å². The van der Waals surface area contributed by atoms with Crippen molar-refractivity contribution < 1.29 is 9.15 Å². The van der Waals surface area contributed by atoms with Crippen molar-refractivity contribution in [2.45, 2.75) is 26.2 Å². The molecule has 2 aliphatic rings. The highest BCUT2D eigenvalue weighted by Gasteiger charge is 2.43. The van der Waals surface area contributed by atoms with E-state index in [0.29, 0.717) is 0 Å². The van der Waals surface area contributed by atoms with Gasteiger partial charge in [-0.2, -0.15) is 0 Å². The second-order valence-corrected chi connectivity index (χ2v) is 11.4. The third-order valence-corrected chi connectivity index (χ3v) is 8.07. The van der Waals surface area contributed by atoms with Crippen LogP contribution in [0.1, 0.15) is 26.3 Å². The topological polar surface area (TPSA) is 25.6 Å².